The lowest BCUT2D eigenvalue weighted by Gasteiger charge is -2.07. The Morgan fingerprint density at radius 3 is 2.67 bits per heavy atom. The quantitative estimate of drug-likeness (QED) is 0.736. The summed E-state index contributed by atoms with van der Waals surface area (Å²) in [6.07, 6.45) is 3.64. The minimum absolute atomic E-state index is 0.990. The van der Waals surface area contributed by atoms with Crippen molar-refractivity contribution < 1.29 is 0 Å². The van der Waals surface area contributed by atoms with Crippen LogP contribution < -0.4 is 5.32 Å². The minimum atomic E-state index is 0.990. The van der Waals surface area contributed by atoms with E-state index in [2.05, 4.69) is 27.4 Å². The molecular weight excluding hydrogens is 222 g/mol. The normalized spacial score (nSPS) is 10.5. The van der Waals surface area contributed by atoms with E-state index >= 15 is 0 Å². The lowest BCUT2D eigenvalue weighted by molar-refractivity contribution is 1.20. The van der Waals surface area contributed by atoms with E-state index in [-0.39, 0.29) is 0 Å². The zero-order valence-electron chi connectivity index (χ0n) is 10.1. The fourth-order valence-corrected chi connectivity index (χ4v) is 1.86. The molecule has 3 rings (SSSR count). The van der Waals surface area contributed by atoms with Gasteiger partial charge in [-0.1, -0.05) is 6.07 Å². The average molecular weight is 235 g/mol. The van der Waals surface area contributed by atoms with E-state index in [0.29, 0.717) is 0 Å². The van der Waals surface area contributed by atoms with Crippen LogP contribution in [0.2, 0.25) is 0 Å². The maximum atomic E-state index is 4.30. The molecule has 0 amide bonds. The number of aromatic nitrogens is 2. The summed E-state index contributed by atoms with van der Waals surface area (Å²) in [5.74, 6) is 0. The van der Waals surface area contributed by atoms with E-state index in [4.69, 9.17) is 0 Å². The summed E-state index contributed by atoms with van der Waals surface area (Å²) in [6, 6.07) is 14.1. The summed E-state index contributed by atoms with van der Waals surface area (Å²) in [5.41, 5.74) is 4.05. The molecule has 2 heterocycles. The number of hydrogen-bond donors (Lipinski definition) is 1. The molecule has 0 aliphatic heterocycles. The third-order valence-electron chi connectivity index (χ3n) is 2.80. The van der Waals surface area contributed by atoms with Crippen LogP contribution in [0.5, 0.6) is 0 Å². The van der Waals surface area contributed by atoms with Gasteiger partial charge >= 0.3 is 0 Å². The van der Waals surface area contributed by atoms with Crippen molar-refractivity contribution in [2.45, 2.75) is 6.92 Å². The summed E-state index contributed by atoms with van der Waals surface area (Å²) < 4.78 is 0. The van der Waals surface area contributed by atoms with Crippen LogP contribution >= 0.6 is 0 Å². The highest BCUT2D eigenvalue weighted by Crippen LogP contribution is 2.20. The van der Waals surface area contributed by atoms with Gasteiger partial charge in [0.05, 0.1) is 17.4 Å². The van der Waals surface area contributed by atoms with E-state index in [9.17, 15) is 0 Å². The molecule has 0 fully saturated rings. The van der Waals surface area contributed by atoms with E-state index in [0.717, 1.165) is 28.0 Å². The van der Waals surface area contributed by atoms with Gasteiger partial charge in [-0.2, -0.15) is 0 Å². The summed E-state index contributed by atoms with van der Waals surface area (Å²) in [7, 11) is 0. The number of nitrogens with zero attached hydrogens (tertiary/aromatic N) is 2. The number of rotatable bonds is 2. The van der Waals surface area contributed by atoms with Gasteiger partial charge in [-0.25, -0.2) is 0 Å². The summed E-state index contributed by atoms with van der Waals surface area (Å²) in [6.45, 7) is 1.98. The maximum Gasteiger partial charge on any atom is 0.0703 e. The van der Waals surface area contributed by atoms with Gasteiger partial charge in [0.15, 0.2) is 0 Å². The van der Waals surface area contributed by atoms with Gasteiger partial charge in [-0.05, 0) is 43.3 Å². The van der Waals surface area contributed by atoms with Crippen molar-refractivity contribution in [1.29, 1.82) is 0 Å². The minimum Gasteiger partial charge on any atom is -0.354 e. The molecule has 88 valence electrons. The van der Waals surface area contributed by atoms with Crippen molar-refractivity contribution in [3.05, 3.63) is 60.6 Å². The van der Waals surface area contributed by atoms with Crippen molar-refractivity contribution in [1.82, 2.24) is 9.97 Å². The Hall–Kier alpha value is -2.42. The lowest BCUT2D eigenvalue weighted by atomic mass is 10.2. The predicted octanol–water partition coefficient (Wildman–Crippen LogP) is 3.68. The van der Waals surface area contributed by atoms with Crippen molar-refractivity contribution in [3.63, 3.8) is 0 Å². The van der Waals surface area contributed by atoms with Gasteiger partial charge in [0.1, 0.15) is 0 Å². The van der Waals surface area contributed by atoms with E-state index in [1.807, 2.05) is 43.5 Å². The number of pyridine rings is 2. The van der Waals surface area contributed by atoms with E-state index in [1.165, 1.54) is 0 Å². The summed E-state index contributed by atoms with van der Waals surface area (Å²) in [4.78, 5) is 8.56. The standard InChI is InChI=1S/C15H13N3/c1-11-4-5-14(10-17-11)18-13-6-7-15-12(9-13)3-2-8-16-15/h2-10,18H,1H3. The second-order valence-electron chi connectivity index (χ2n) is 4.22. The van der Waals surface area contributed by atoms with Gasteiger partial charge < -0.3 is 5.32 Å². The highest BCUT2D eigenvalue weighted by molar-refractivity contribution is 5.83. The van der Waals surface area contributed by atoms with Crippen molar-refractivity contribution >= 4 is 22.3 Å². The molecule has 0 saturated carbocycles. The Bertz CT molecular complexity index is 675. The SMILES string of the molecule is Cc1ccc(Nc2ccc3ncccc3c2)cn1. The molecule has 0 spiro atoms. The second-order valence-corrected chi connectivity index (χ2v) is 4.22. The molecule has 0 saturated heterocycles. The van der Waals surface area contributed by atoms with Crippen molar-refractivity contribution in [3.8, 4) is 0 Å². The fourth-order valence-electron chi connectivity index (χ4n) is 1.86. The summed E-state index contributed by atoms with van der Waals surface area (Å²) in [5, 5.41) is 4.46. The number of fused-ring (bicyclic) bond motifs is 1. The third-order valence-corrected chi connectivity index (χ3v) is 2.80. The van der Waals surface area contributed by atoms with Gasteiger partial charge in [-0.3, -0.25) is 9.97 Å². The number of benzene rings is 1. The molecule has 0 aliphatic rings. The van der Waals surface area contributed by atoms with Crippen LogP contribution in [-0.4, -0.2) is 9.97 Å². The molecule has 0 radical (unpaired) electrons. The second kappa shape index (κ2) is 4.45. The molecule has 3 aromatic rings. The van der Waals surface area contributed by atoms with E-state index < -0.39 is 0 Å². The molecule has 1 N–H and O–H groups in total. The first-order valence-corrected chi connectivity index (χ1v) is 5.86. The van der Waals surface area contributed by atoms with Crippen LogP contribution in [-0.2, 0) is 0 Å². The number of hydrogen-bond acceptors (Lipinski definition) is 3. The average Bonchev–Trinajstić information content (AvgIpc) is 2.41. The molecule has 18 heavy (non-hydrogen) atoms. The zero-order chi connectivity index (χ0) is 12.4. The molecule has 0 aliphatic carbocycles. The van der Waals surface area contributed by atoms with Crippen LogP contribution in [0.15, 0.2) is 54.9 Å². The van der Waals surface area contributed by atoms with Crippen LogP contribution in [0, 0.1) is 6.92 Å². The Kier molecular flexibility index (Phi) is 2.65. The van der Waals surface area contributed by atoms with Crippen LogP contribution in [0.3, 0.4) is 0 Å². The molecule has 1 aromatic carbocycles. The van der Waals surface area contributed by atoms with Gasteiger partial charge in [0.25, 0.3) is 0 Å². The number of anilines is 2. The first kappa shape index (κ1) is 10.7. The fraction of sp³-hybridized carbons (Fsp3) is 0.0667. The van der Waals surface area contributed by atoms with Crippen LogP contribution in [0.1, 0.15) is 5.69 Å². The molecule has 0 bridgehead atoms. The van der Waals surface area contributed by atoms with Crippen LogP contribution in [0.25, 0.3) is 10.9 Å². The Morgan fingerprint density at radius 1 is 0.944 bits per heavy atom. The molecule has 3 nitrogen and oxygen atoms in total. The predicted molar refractivity (Wildman–Crippen MR) is 74.0 cm³/mol. The monoisotopic (exact) mass is 235 g/mol. The smallest absolute Gasteiger partial charge is 0.0703 e. The molecule has 0 unspecified atom stereocenters. The topological polar surface area (TPSA) is 37.8 Å². The maximum absolute atomic E-state index is 4.30. The largest absolute Gasteiger partial charge is 0.354 e. The molecule has 0 atom stereocenters. The van der Waals surface area contributed by atoms with Gasteiger partial charge in [-0.15, -0.1) is 0 Å². The summed E-state index contributed by atoms with van der Waals surface area (Å²) >= 11 is 0. The number of nitrogens with one attached hydrogen (secondary N) is 1. The highest BCUT2D eigenvalue weighted by atomic mass is 14.9. The first-order chi connectivity index (χ1) is 8.81. The highest BCUT2D eigenvalue weighted by Gasteiger charge is 1.98. The molecule has 3 heteroatoms. The third kappa shape index (κ3) is 2.15. The van der Waals surface area contributed by atoms with Crippen LogP contribution in [0.4, 0.5) is 11.4 Å². The molecular formula is C15H13N3. The lowest BCUT2D eigenvalue weighted by Crippen LogP contribution is -1.92. The van der Waals surface area contributed by atoms with Gasteiger partial charge in [0, 0.05) is 23.0 Å². The Balaban J connectivity index is 1.92. The van der Waals surface area contributed by atoms with Gasteiger partial charge in [0.2, 0.25) is 0 Å². The van der Waals surface area contributed by atoms with Crippen molar-refractivity contribution in [2.24, 2.45) is 0 Å². The number of aryl methyl sites for hydroxylation is 1. The first-order valence-electron chi connectivity index (χ1n) is 5.86. The van der Waals surface area contributed by atoms with Crippen molar-refractivity contribution in [2.75, 3.05) is 5.32 Å². The Labute approximate surface area is 106 Å². The zero-order valence-corrected chi connectivity index (χ0v) is 10.1. The molecule has 2 aromatic heterocycles. The Morgan fingerprint density at radius 2 is 1.83 bits per heavy atom. The van der Waals surface area contributed by atoms with E-state index in [1.54, 1.807) is 6.20 Å².